The van der Waals surface area contributed by atoms with E-state index >= 15 is 0 Å². The van der Waals surface area contributed by atoms with Gasteiger partial charge in [0.15, 0.2) is 0 Å². The predicted octanol–water partition coefficient (Wildman–Crippen LogP) is 5.85. The van der Waals surface area contributed by atoms with E-state index in [1.165, 1.54) is 4.70 Å². The highest BCUT2D eigenvalue weighted by Gasteiger charge is 2.08. The lowest BCUT2D eigenvalue weighted by Gasteiger charge is -1.98. The smallest absolute Gasteiger partial charge is 0.125 e. The summed E-state index contributed by atoms with van der Waals surface area (Å²) in [6.07, 6.45) is 1.90. The minimum atomic E-state index is 1.00. The van der Waals surface area contributed by atoms with E-state index in [1.54, 1.807) is 22.7 Å². The van der Waals surface area contributed by atoms with E-state index in [0.717, 1.165) is 31.8 Å². The normalized spacial score (nSPS) is 11.1. The summed E-state index contributed by atoms with van der Waals surface area (Å²) in [7, 11) is 0. The Bertz CT molecular complexity index is 927. The third-order valence-corrected chi connectivity index (χ3v) is 5.41. The van der Waals surface area contributed by atoms with Crippen LogP contribution in [0, 0.1) is 0 Å². The average Bonchev–Trinajstić information content (AvgIpc) is 3.15. The molecule has 0 spiro atoms. The Balaban J connectivity index is 1.76. The molecule has 2 nitrogen and oxygen atoms in total. The van der Waals surface area contributed by atoms with Crippen molar-refractivity contribution in [3.05, 3.63) is 57.8 Å². The van der Waals surface area contributed by atoms with E-state index < -0.39 is 0 Å². The molecule has 0 fully saturated rings. The monoisotopic (exact) mass is 372 g/mol. The quantitative estimate of drug-likeness (QED) is 0.441. The summed E-state index contributed by atoms with van der Waals surface area (Å²) in [6.45, 7) is 0. The zero-order valence-corrected chi connectivity index (χ0v) is 14.0. The fourth-order valence-electron chi connectivity index (χ4n) is 2.15. The second-order valence-corrected chi connectivity index (χ2v) is 7.30. The Hall–Kier alpha value is -1.56. The van der Waals surface area contributed by atoms with Crippen LogP contribution in [0.1, 0.15) is 0 Å². The molecular weight excluding hydrogens is 364 g/mol. The molecule has 21 heavy (non-hydrogen) atoms. The molecule has 0 aliphatic heterocycles. The van der Waals surface area contributed by atoms with E-state index in [0.29, 0.717) is 0 Å². The predicted molar refractivity (Wildman–Crippen MR) is 93.9 cm³/mol. The summed E-state index contributed by atoms with van der Waals surface area (Å²) >= 11 is 6.86. The second-order valence-electron chi connectivity index (χ2n) is 4.58. The number of rotatable bonds is 2. The number of thiophene rings is 1. The van der Waals surface area contributed by atoms with Crippen molar-refractivity contribution in [1.29, 1.82) is 0 Å². The highest BCUT2D eigenvalue weighted by molar-refractivity contribution is 9.10. The molecule has 0 atom stereocenters. The van der Waals surface area contributed by atoms with Crippen LogP contribution in [0.25, 0.3) is 32.0 Å². The van der Waals surface area contributed by atoms with Crippen molar-refractivity contribution in [2.75, 3.05) is 0 Å². The number of hydrogen-bond donors (Lipinski definition) is 0. The topological polar surface area (TPSA) is 25.8 Å². The molecule has 0 bridgehead atoms. The fraction of sp³-hybridized carbons (Fsp3) is 0. The molecule has 4 rings (SSSR count). The van der Waals surface area contributed by atoms with E-state index in [1.807, 2.05) is 24.4 Å². The first-order chi connectivity index (χ1) is 10.3. The molecule has 0 saturated heterocycles. The van der Waals surface area contributed by atoms with Gasteiger partial charge in [0, 0.05) is 27.2 Å². The van der Waals surface area contributed by atoms with Gasteiger partial charge in [0.05, 0.1) is 15.9 Å². The summed E-state index contributed by atoms with van der Waals surface area (Å²) in [5.74, 6) is 0. The highest BCUT2D eigenvalue weighted by atomic mass is 79.9. The van der Waals surface area contributed by atoms with Crippen LogP contribution in [0.4, 0.5) is 0 Å². The van der Waals surface area contributed by atoms with Gasteiger partial charge in [-0.15, -0.1) is 22.7 Å². The Morgan fingerprint density at radius 1 is 1.00 bits per heavy atom. The first-order valence-electron chi connectivity index (χ1n) is 6.35. The van der Waals surface area contributed by atoms with Crippen molar-refractivity contribution in [2.24, 2.45) is 0 Å². The molecule has 3 heterocycles. The van der Waals surface area contributed by atoms with Crippen LogP contribution in [0.3, 0.4) is 0 Å². The van der Waals surface area contributed by atoms with Crippen LogP contribution in [-0.2, 0) is 0 Å². The number of thiazole rings is 1. The third kappa shape index (κ3) is 2.52. The SMILES string of the molecule is Brc1cccc(-c2csc(-c3cnc4ccsc4c3)n2)c1. The highest BCUT2D eigenvalue weighted by Crippen LogP contribution is 2.31. The number of nitrogens with zero attached hydrogens (tertiary/aromatic N) is 2. The molecular formula is C16H9BrN2S2. The summed E-state index contributed by atoms with van der Waals surface area (Å²) < 4.78 is 2.27. The molecule has 1 aromatic carbocycles. The minimum absolute atomic E-state index is 1.00. The van der Waals surface area contributed by atoms with Gasteiger partial charge in [-0.25, -0.2) is 4.98 Å². The lowest BCUT2D eigenvalue weighted by atomic mass is 10.2. The van der Waals surface area contributed by atoms with Gasteiger partial charge in [-0.2, -0.15) is 0 Å². The molecule has 0 radical (unpaired) electrons. The Morgan fingerprint density at radius 3 is 2.86 bits per heavy atom. The first-order valence-corrected chi connectivity index (χ1v) is 8.90. The van der Waals surface area contributed by atoms with E-state index in [4.69, 9.17) is 4.98 Å². The van der Waals surface area contributed by atoms with Crippen LogP contribution in [0.5, 0.6) is 0 Å². The maximum absolute atomic E-state index is 4.75. The Morgan fingerprint density at radius 2 is 1.95 bits per heavy atom. The molecule has 3 aromatic heterocycles. The van der Waals surface area contributed by atoms with Crippen LogP contribution >= 0.6 is 38.6 Å². The van der Waals surface area contributed by atoms with Crippen LogP contribution < -0.4 is 0 Å². The van der Waals surface area contributed by atoms with E-state index in [2.05, 4.69) is 49.9 Å². The van der Waals surface area contributed by atoms with Crippen molar-refractivity contribution in [3.8, 4) is 21.8 Å². The number of halogens is 1. The lowest BCUT2D eigenvalue weighted by Crippen LogP contribution is -1.81. The van der Waals surface area contributed by atoms with Gasteiger partial charge < -0.3 is 0 Å². The largest absolute Gasteiger partial charge is 0.255 e. The Kier molecular flexibility index (Phi) is 3.33. The van der Waals surface area contributed by atoms with Crippen molar-refractivity contribution in [3.63, 3.8) is 0 Å². The number of fused-ring (bicyclic) bond motifs is 1. The van der Waals surface area contributed by atoms with Crippen molar-refractivity contribution < 1.29 is 0 Å². The van der Waals surface area contributed by atoms with E-state index in [-0.39, 0.29) is 0 Å². The number of hydrogen-bond acceptors (Lipinski definition) is 4. The van der Waals surface area contributed by atoms with Crippen molar-refractivity contribution in [2.45, 2.75) is 0 Å². The number of benzene rings is 1. The van der Waals surface area contributed by atoms with Crippen molar-refractivity contribution in [1.82, 2.24) is 9.97 Å². The van der Waals surface area contributed by atoms with Gasteiger partial charge in [0.1, 0.15) is 5.01 Å². The standard InChI is InChI=1S/C16H9BrN2S2/c17-12-3-1-2-10(6-12)14-9-21-16(19-14)11-7-15-13(18-8-11)4-5-20-15/h1-9H. The van der Waals surface area contributed by atoms with Gasteiger partial charge in [0.25, 0.3) is 0 Å². The number of pyridine rings is 1. The summed E-state index contributed by atoms with van der Waals surface area (Å²) in [6, 6.07) is 12.4. The Labute approximate surface area is 138 Å². The van der Waals surface area contributed by atoms with Gasteiger partial charge in [-0.05, 0) is 29.6 Å². The summed E-state index contributed by atoms with van der Waals surface area (Å²) in [4.78, 5) is 9.23. The van der Waals surface area contributed by atoms with Crippen LogP contribution in [0.2, 0.25) is 0 Å². The molecule has 0 unspecified atom stereocenters. The van der Waals surface area contributed by atoms with Crippen molar-refractivity contribution >= 4 is 48.8 Å². The molecule has 0 aliphatic carbocycles. The molecule has 0 amide bonds. The van der Waals surface area contributed by atoms with Gasteiger partial charge in [-0.1, -0.05) is 28.1 Å². The molecule has 5 heteroatoms. The maximum atomic E-state index is 4.75. The van der Waals surface area contributed by atoms with Gasteiger partial charge in [-0.3, -0.25) is 4.98 Å². The summed E-state index contributed by atoms with van der Waals surface area (Å²) in [5.41, 5.74) is 4.25. The third-order valence-electron chi connectivity index (χ3n) is 3.17. The van der Waals surface area contributed by atoms with Crippen LogP contribution in [-0.4, -0.2) is 9.97 Å². The number of aromatic nitrogens is 2. The minimum Gasteiger partial charge on any atom is -0.255 e. The average molecular weight is 373 g/mol. The summed E-state index contributed by atoms with van der Waals surface area (Å²) in [5, 5.41) is 5.17. The first kappa shape index (κ1) is 13.1. The maximum Gasteiger partial charge on any atom is 0.125 e. The fourth-order valence-corrected chi connectivity index (χ4v) is 4.14. The van der Waals surface area contributed by atoms with Crippen LogP contribution in [0.15, 0.2) is 57.8 Å². The zero-order chi connectivity index (χ0) is 14.2. The van der Waals surface area contributed by atoms with Gasteiger partial charge >= 0.3 is 0 Å². The second kappa shape index (κ2) is 5.33. The van der Waals surface area contributed by atoms with E-state index in [9.17, 15) is 0 Å². The zero-order valence-electron chi connectivity index (χ0n) is 10.8. The molecule has 102 valence electrons. The van der Waals surface area contributed by atoms with Gasteiger partial charge in [0.2, 0.25) is 0 Å². The molecule has 0 saturated carbocycles. The molecule has 0 aliphatic rings. The molecule has 0 N–H and O–H groups in total. The lowest BCUT2D eigenvalue weighted by molar-refractivity contribution is 1.37. The molecule has 4 aromatic rings.